The van der Waals surface area contributed by atoms with Crippen molar-refractivity contribution in [3.63, 3.8) is 0 Å². The van der Waals surface area contributed by atoms with Crippen LogP contribution in [0.4, 0.5) is 0 Å². The molecule has 0 spiro atoms. The Morgan fingerprint density at radius 1 is 1.37 bits per heavy atom. The lowest BCUT2D eigenvalue weighted by atomic mass is 10.2. The summed E-state index contributed by atoms with van der Waals surface area (Å²) in [5.74, 6) is -0.676. The first-order valence-corrected chi connectivity index (χ1v) is 5.84. The summed E-state index contributed by atoms with van der Waals surface area (Å²) in [6.07, 6.45) is 0. The second-order valence-electron chi connectivity index (χ2n) is 4.19. The van der Waals surface area contributed by atoms with Crippen molar-refractivity contribution in [3.05, 3.63) is 45.3 Å². The van der Waals surface area contributed by atoms with E-state index in [1.165, 1.54) is 6.07 Å². The van der Waals surface area contributed by atoms with Crippen LogP contribution in [0.1, 0.15) is 10.5 Å². The van der Waals surface area contributed by atoms with Crippen LogP contribution in [0.2, 0.25) is 5.02 Å². The molecule has 3 aromatic rings. The fourth-order valence-corrected chi connectivity index (χ4v) is 2.26. The van der Waals surface area contributed by atoms with E-state index in [2.05, 4.69) is 5.10 Å². The summed E-state index contributed by atoms with van der Waals surface area (Å²) in [7, 11) is 1.78. The number of aromatic nitrogens is 3. The van der Waals surface area contributed by atoms with Gasteiger partial charge in [-0.2, -0.15) is 9.61 Å². The molecule has 2 aromatic heterocycles. The molecule has 7 heteroatoms. The second kappa shape index (κ2) is 3.83. The molecule has 0 atom stereocenters. The zero-order valence-corrected chi connectivity index (χ0v) is 10.7. The van der Waals surface area contributed by atoms with Gasteiger partial charge in [-0.15, -0.1) is 0 Å². The van der Waals surface area contributed by atoms with Crippen molar-refractivity contribution < 1.29 is 4.79 Å². The van der Waals surface area contributed by atoms with Crippen molar-refractivity contribution in [3.8, 4) is 0 Å². The van der Waals surface area contributed by atoms with Crippen molar-refractivity contribution in [1.29, 1.82) is 0 Å². The molecule has 0 radical (unpaired) electrons. The number of aryl methyl sites for hydroxylation is 1. The average Bonchev–Trinajstić information content (AvgIpc) is 2.81. The van der Waals surface area contributed by atoms with E-state index in [9.17, 15) is 9.59 Å². The van der Waals surface area contributed by atoms with Gasteiger partial charge in [-0.05, 0) is 18.2 Å². The molecule has 0 unspecified atom stereocenters. The molecule has 0 fully saturated rings. The lowest BCUT2D eigenvalue weighted by Gasteiger charge is -2.07. The summed E-state index contributed by atoms with van der Waals surface area (Å²) >= 11 is 5.90. The van der Waals surface area contributed by atoms with Gasteiger partial charge in [0.15, 0.2) is 5.69 Å². The lowest BCUT2D eigenvalue weighted by molar-refractivity contribution is 0.0995. The predicted octanol–water partition coefficient (Wildman–Crippen LogP) is 0.938. The van der Waals surface area contributed by atoms with Gasteiger partial charge in [-0.1, -0.05) is 11.6 Å². The quantitative estimate of drug-likeness (QED) is 0.718. The fourth-order valence-electron chi connectivity index (χ4n) is 2.09. The number of nitrogens with zero attached hydrogens (tertiary/aromatic N) is 3. The van der Waals surface area contributed by atoms with E-state index in [4.69, 9.17) is 17.3 Å². The maximum Gasteiger partial charge on any atom is 0.282 e. The van der Waals surface area contributed by atoms with Crippen LogP contribution in [0.15, 0.2) is 29.1 Å². The number of rotatable bonds is 1. The number of fused-ring (bicyclic) bond motifs is 2. The Morgan fingerprint density at radius 3 is 2.79 bits per heavy atom. The minimum Gasteiger partial charge on any atom is -0.364 e. The highest BCUT2D eigenvalue weighted by Gasteiger charge is 2.14. The Morgan fingerprint density at radius 2 is 2.11 bits per heavy atom. The van der Waals surface area contributed by atoms with Crippen LogP contribution in [0, 0.1) is 0 Å². The number of amides is 1. The van der Waals surface area contributed by atoms with Crippen LogP contribution < -0.4 is 11.3 Å². The molecule has 2 heterocycles. The number of carbonyl (C=O) groups excluding carboxylic acids is 1. The number of carbonyl (C=O) groups is 1. The monoisotopic (exact) mass is 276 g/mol. The van der Waals surface area contributed by atoms with Crippen molar-refractivity contribution in [2.75, 3.05) is 0 Å². The Hall–Kier alpha value is -2.34. The van der Waals surface area contributed by atoms with Crippen molar-refractivity contribution >= 4 is 34.1 Å². The molecule has 0 saturated heterocycles. The van der Waals surface area contributed by atoms with Gasteiger partial charge in [0, 0.05) is 18.1 Å². The number of hydrogen-bond acceptors (Lipinski definition) is 3. The minimum absolute atomic E-state index is 0.0501. The van der Waals surface area contributed by atoms with E-state index in [0.29, 0.717) is 21.6 Å². The summed E-state index contributed by atoms with van der Waals surface area (Å²) < 4.78 is 2.91. The Labute approximate surface area is 112 Å². The molecule has 19 heavy (non-hydrogen) atoms. The summed E-state index contributed by atoms with van der Waals surface area (Å²) in [6.45, 7) is 0. The van der Waals surface area contributed by atoms with Gasteiger partial charge in [-0.3, -0.25) is 9.59 Å². The molecule has 1 aromatic carbocycles. The third-order valence-electron chi connectivity index (χ3n) is 3.03. The van der Waals surface area contributed by atoms with E-state index in [0.717, 1.165) is 4.52 Å². The maximum absolute atomic E-state index is 12.3. The largest absolute Gasteiger partial charge is 0.364 e. The van der Waals surface area contributed by atoms with Crippen LogP contribution in [0.3, 0.4) is 0 Å². The Bertz CT molecular complexity index is 894. The third kappa shape index (κ3) is 1.61. The van der Waals surface area contributed by atoms with Gasteiger partial charge in [0.2, 0.25) is 0 Å². The Balaban J connectivity index is 2.57. The molecule has 1 amide bonds. The van der Waals surface area contributed by atoms with E-state index in [-0.39, 0.29) is 11.3 Å². The van der Waals surface area contributed by atoms with E-state index < -0.39 is 5.91 Å². The highest BCUT2D eigenvalue weighted by molar-refractivity contribution is 6.31. The number of halogens is 1. The first kappa shape index (κ1) is 11.7. The van der Waals surface area contributed by atoms with Crippen LogP contribution in [-0.4, -0.2) is 20.1 Å². The lowest BCUT2D eigenvalue weighted by Crippen LogP contribution is -2.19. The van der Waals surface area contributed by atoms with Crippen molar-refractivity contribution in [2.24, 2.45) is 12.8 Å². The van der Waals surface area contributed by atoms with Gasteiger partial charge in [0.05, 0.1) is 10.9 Å². The molecule has 0 aliphatic heterocycles. The van der Waals surface area contributed by atoms with Gasteiger partial charge >= 0.3 is 0 Å². The predicted molar refractivity (Wildman–Crippen MR) is 71.5 cm³/mol. The molecule has 96 valence electrons. The standard InChI is InChI=1S/C12H9ClN4O2/c1-16-9-3-2-6(13)4-7(9)12(19)17-10(16)5-8(15-17)11(14)18/h2-5H,1H3,(H2,14,18). The van der Waals surface area contributed by atoms with Gasteiger partial charge in [-0.25, -0.2) is 0 Å². The molecular weight excluding hydrogens is 268 g/mol. The van der Waals surface area contributed by atoms with Gasteiger partial charge in [0.1, 0.15) is 5.65 Å². The third-order valence-corrected chi connectivity index (χ3v) is 3.26. The normalized spacial score (nSPS) is 11.3. The molecule has 2 N–H and O–H groups in total. The maximum atomic E-state index is 12.3. The number of hydrogen-bond donors (Lipinski definition) is 1. The van der Waals surface area contributed by atoms with E-state index in [1.807, 2.05) is 0 Å². The molecule has 0 saturated carbocycles. The first-order valence-electron chi connectivity index (χ1n) is 5.47. The molecular formula is C12H9ClN4O2. The molecule has 0 aliphatic carbocycles. The average molecular weight is 277 g/mol. The van der Waals surface area contributed by atoms with Crippen molar-refractivity contribution in [1.82, 2.24) is 14.2 Å². The molecule has 0 bridgehead atoms. The first-order chi connectivity index (χ1) is 8.99. The molecule has 6 nitrogen and oxygen atoms in total. The van der Waals surface area contributed by atoms with Crippen LogP contribution in [-0.2, 0) is 7.05 Å². The molecule has 0 aliphatic rings. The second-order valence-corrected chi connectivity index (χ2v) is 4.63. The summed E-state index contributed by atoms with van der Waals surface area (Å²) in [5.41, 5.74) is 6.10. The van der Waals surface area contributed by atoms with Crippen LogP contribution >= 0.6 is 11.6 Å². The minimum atomic E-state index is -0.676. The van der Waals surface area contributed by atoms with Gasteiger partial charge < -0.3 is 10.3 Å². The zero-order valence-electron chi connectivity index (χ0n) is 9.92. The van der Waals surface area contributed by atoms with Crippen LogP contribution in [0.5, 0.6) is 0 Å². The molecule has 3 rings (SSSR count). The zero-order chi connectivity index (χ0) is 13.7. The highest BCUT2D eigenvalue weighted by atomic mass is 35.5. The summed E-state index contributed by atoms with van der Waals surface area (Å²) in [4.78, 5) is 23.5. The smallest absolute Gasteiger partial charge is 0.282 e. The van der Waals surface area contributed by atoms with Gasteiger partial charge in [0.25, 0.3) is 11.5 Å². The van der Waals surface area contributed by atoms with Crippen LogP contribution in [0.25, 0.3) is 16.6 Å². The number of nitrogens with two attached hydrogens (primary N) is 1. The van der Waals surface area contributed by atoms with E-state index in [1.54, 1.807) is 29.8 Å². The number of benzene rings is 1. The van der Waals surface area contributed by atoms with E-state index >= 15 is 0 Å². The topological polar surface area (TPSA) is 82.4 Å². The summed E-state index contributed by atoms with van der Waals surface area (Å²) in [6, 6.07) is 6.50. The highest BCUT2D eigenvalue weighted by Crippen LogP contribution is 2.18. The SMILES string of the molecule is Cn1c2ccc(Cl)cc2c(=O)n2nc(C(N)=O)cc12. The Kier molecular flexibility index (Phi) is 2.36. The number of primary amides is 1. The summed E-state index contributed by atoms with van der Waals surface area (Å²) in [5, 5.41) is 4.81. The van der Waals surface area contributed by atoms with Crippen molar-refractivity contribution in [2.45, 2.75) is 0 Å². The fraction of sp³-hybridized carbons (Fsp3) is 0.0833.